The first-order valence-electron chi connectivity index (χ1n) is 7.29. The summed E-state index contributed by atoms with van der Waals surface area (Å²) in [5, 5.41) is 0. The molecule has 0 aliphatic carbocycles. The Morgan fingerprint density at radius 2 is 2.05 bits per heavy atom. The van der Waals surface area contributed by atoms with E-state index in [0.29, 0.717) is 18.6 Å². The number of methoxy groups -OCH3 is 1. The van der Waals surface area contributed by atoms with Gasteiger partial charge in [-0.3, -0.25) is 0 Å². The molecule has 1 aromatic rings. The van der Waals surface area contributed by atoms with Crippen LogP contribution in [-0.2, 0) is 11.2 Å². The quantitative estimate of drug-likeness (QED) is 0.796. The summed E-state index contributed by atoms with van der Waals surface area (Å²) >= 11 is 0. The number of rotatable bonds is 8. The summed E-state index contributed by atoms with van der Waals surface area (Å²) in [7, 11) is 1.68. The van der Waals surface area contributed by atoms with Crippen molar-refractivity contribution in [1.82, 2.24) is 0 Å². The fourth-order valence-electron chi connectivity index (χ4n) is 2.27. The van der Waals surface area contributed by atoms with Crippen molar-refractivity contribution in [3.8, 4) is 0 Å². The first-order chi connectivity index (χ1) is 9.51. The maximum absolute atomic E-state index is 14.2. The van der Waals surface area contributed by atoms with E-state index in [-0.39, 0.29) is 17.9 Å². The third kappa shape index (κ3) is 4.46. The molecule has 0 aliphatic heterocycles. The highest BCUT2D eigenvalue weighted by Gasteiger charge is 2.18. The zero-order valence-corrected chi connectivity index (χ0v) is 13.0. The van der Waals surface area contributed by atoms with Crippen LogP contribution >= 0.6 is 0 Å². The molecule has 1 atom stereocenters. The molecule has 0 amide bonds. The van der Waals surface area contributed by atoms with Gasteiger partial charge in [0.1, 0.15) is 5.82 Å². The molecule has 0 bridgehead atoms. The molecule has 4 heteroatoms. The highest BCUT2D eigenvalue weighted by atomic mass is 19.1. The normalized spacial score (nSPS) is 12.8. The van der Waals surface area contributed by atoms with Crippen LogP contribution < -0.4 is 10.6 Å². The van der Waals surface area contributed by atoms with Gasteiger partial charge in [0, 0.05) is 37.0 Å². The van der Waals surface area contributed by atoms with Gasteiger partial charge in [-0.05, 0) is 38.8 Å². The van der Waals surface area contributed by atoms with Gasteiger partial charge >= 0.3 is 0 Å². The molecule has 114 valence electrons. The second kappa shape index (κ2) is 8.22. The molecule has 20 heavy (non-hydrogen) atoms. The minimum atomic E-state index is -0.172. The molecule has 0 saturated carbocycles. The number of benzene rings is 1. The van der Waals surface area contributed by atoms with Crippen LogP contribution in [0.25, 0.3) is 0 Å². The highest BCUT2D eigenvalue weighted by molar-refractivity contribution is 5.55. The van der Waals surface area contributed by atoms with Crippen LogP contribution in [-0.4, -0.2) is 32.3 Å². The van der Waals surface area contributed by atoms with Gasteiger partial charge in [-0.25, -0.2) is 4.39 Å². The lowest BCUT2D eigenvalue weighted by Gasteiger charge is -2.31. The highest BCUT2D eigenvalue weighted by Crippen LogP contribution is 2.26. The average molecular weight is 282 g/mol. The number of halogens is 1. The van der Waals surface area contributed by atoms with E-state index in [0.717, 1.165) is 18.7 Å². The summed E-state index contributed by atoms with van der Waals surface area (Å²) in [4.78, 5) is 2.17. The third-order valence-electron chi connectivity index (χ3n) is 3.55. The number of nitrogens with zero attached hydrogens (tertiary/aromatic N) is 1. The topological polar surface area (TPSA) is 38.5 Å². The van der Waals surface area contributed by atoms with Crippen molar-refractivity contribution >= 4 is 5.69 Å². The standard InChI is InChI=1S/C16H27FN2O/c1-5-13(18)11-14-15(17)7-6-8-16(14)19(12(2)3)9-10-20-4/h6-8,12-13H,5,9-11,18H2,1-4H3. The summed E-state index contributed by atoms with van der Waals surface area (Å²) in [5.41, 5.74) is 7.66. The van der Waals surface area contributed by atoms with Crippen molar-refractivity contribution in [2.24, 2.45) is 5.73 Å². The van der Waals surface area contributed by atoms with Gasteiger partial charge in [-0.1, -0.05) is 13.0 Å². The first-order valence-corrected chi connectivity index (χ1v) is 7.29. The number of hydrogen-bond acceptors (Lipinski definition) is 3. The van der Waals surface area contributed by atoms with E-state index in [2.05, 4.69) is 18.7 Å². The summed E-state index contributed by atoms with van der Waals surface area (Å²) in [6.07, 6.45) is 1.40. The van der Waals surface area contributed by atoms with E-state index < -0.39 is 0 Å². The number of nitrogens with two attached hydrogens (primary N) is 1. The predicted octanol–water partition coefficient (Wildman–Crippen LogP) is 2.97. The third-order valence-corrected chi connectivity index (χ3v) is 3.55. The molecule has 0 heterocycles. The lowest BCUT2D eigenvalue weighted by molar-refractivity contribution is 0.203. The molecule has 0 aromatic heterocycles. The Morgan fingerprint density at radius 1 is 1.35 bits per heavy atom. The lowest BCUT2D eigenvalue weighted by atomic mass is 10.0. The number of ether oxygens (including phenoxy) is 1. The van der Waals surface area contributed by atoms with Gasteiger partial charge in [0.15, 0.2) is 0 Å². The van der Waals surface area contributed by atoms with Crippen molar-refractivity contribution in [3.05, 3.63) is 29.6 Å². The zero-order chi connectivity index (χ0) is 15.1. The molecular formula is C16H27FN2O. The Kier molecular flexibility index (Phi) is 6.96. The van der Waals surface area contributed by atoms with Crippen LogP contribution in [0.5, 0.6) is 0 Å². The predicted molar refractivity (Wildman–Crippen MR) is 82.7 cm³/mol. The lowest BCUT2D eigenvalue weighted by Crippen LogP contribution is -2.35. The first kappa shape index (κ1) is 16.9. The van der Waals surface area contributed by atoms with E-state index in [1.807, 2.05) is 13.0 Å². The fraction of sp³-hybridized carbons (Fsp3) is 0.625. The van der Waals surface area contributed by atoms with Crippen LogP contribution in [0.3, 0.4) is 0 Å². The van der Waals surface area contributed by atoms with Gasteiger partial charge in [0.05, 0.1) is 6.61 Å². The monoisotopic (exact) mass is 282 g/mol. The molecule has 1 aromatic carbocycles. The molecule has 0 saturated heterocycles. The van der Waals surface area contributed by atoms with Gasteiger partial charge in [-0.15, -0.1) is 0 Å². The van der Waals surface area contributed by atoms with E-state index in [9.17, 15) is 4.39 Å². The summed E-state index contributed by atoms with van der Waals surface area (Å²) in [5.74, 6) is -0.172. The minimum absolute atomic E-state index is 0.0120. The average Bonchev–Trinajstić information content (AvgIpc) is 2.42. The second-order valence-corrected chi connectivity index (χ2v) is 5.39. The number of anilines is 1. The number of hydrogen-bond donors (Lipinski definition) is 1. The molecular weight excluding hydrogens is 255 g/mol. The van der Waals surface area contributed by atoms with Gasteiger partial charge in [0.2, 0.25) is 0 Å². The van der Waals surface area contributed by atoms with Crippen LogP contribution in [0.15, 0.2) is 18.2 Å². The maximum atomic E-state index is 14.2. The Balaban J connectivity index is 3.09. The van der Waals surface area contributed by atoms with Gasteiger partial charge < -0.3 is 15.4 Å². The SMILES string of the molecule is CCC(N)Cc1c(F)cccc1N(CCOC)C(C)C. The van der Waals surface area contributed by atoms with Crippen molar-refractivity contribution in [3.63, 3.8) is 0 Å². The molecule has 1 rings (SSSR count). The van der Waals surface area contributed by atoms with Gasteiger partial charge in [0.25, 0.3) is 0 Å². The van der Waals surface area contributed by atoms with E-state index in [1.54, 1.807) is 13.2 Å². The van der Waals surface area contributed by atoms with Gasteiger partial charge in [-0.2, -0.15) is 0 Å². The maximum Gasteiger partial charge on any atom is 0.128 e. The van der Waals surface area contributed by atoms with E-state index in [1.165, 1.54) is 6.07 Å². The molecule has 1 unspecified atom stereocenters. The van der Waals surface area contributed by atoms with Crippen LogP contribution in [0.1, 0.15) is 32.8 Å². The van der Waals surface area contributed by atoms with E-state index >= 15 is 0 Å². The van der Waals surface area contributed by atoms with Crippen LogP contribution in [0, 0.1) is 5.82 Å². The summed E-state index contributed by atoms with van der Waals surface area (Å²) < 4.78 is 19.3. The van der Waals surface area contributed by atoms with Crippen LogP contribution in [0.4, 0.5) is 10.1 Å². The molecule has 0 fully saturated rings. The van der Waals surface area contributed by atoms with Crippen molar-refractivity contribution in [1.29, 1.82) is 0 Å². The molecule has 0 aliphatic rings. The van der Waals surface area contributed by atoms with E-state index in [4.69, 9.17) is 10.5 Å². The Labute approximate surface area is 121 Å². The molecule has 2 N–H and O–H groups in total. The Hall–Kier alpha value is -1.13. The fourth-order valence-corrected chi connectivity index (χ4v) is 2.27. The zero-order valence-electron chi connectivity index (χ0n) is 13.0. The second-order valence-electron chi connectivity index (χ2n) is 5.39. The minimum Gasteiger partial charge on any atom is -0.383 e. The summed E-state index contributed by atoms with van der Waals surface area (Å²) in [6, 6.07) is 5.51. The van der Waals surface area contributed by atoms with Crippen molar-refractivity contribution in [2.45, 2.75) is 45.7 Å². The summed E-state index contributed by atoms with van der Waals surface area (Å²) in [6.45, 7) is 7.59. The molecule has 3 nitrogen and oxygen atoms in total. The Bertz CT molecular complexity index is 409. The molecule has 0 radical (unpaired) electrons. The van der Waals surface area contributed by atoms with Crippen LogP contribution in [0.2, 0.25) is 0 Å². The van der Waals surface area contributed by atoms with Crippen molar-refractivity contribution in [2.75, 3.05) is 25.2 Å². The van der Waals surface area contributed by atoms with Crippen molar-refractivity contribution < 1.29 is 9.13 Å². The largest absolute Gasteiger partial charge is 0.383 e. The molecule has 0 spiro atoms. The Morgan fingerprint density at radius 3 is 2.60 bits per heavy atom. The smallest absolute Gasteiger partial charge is 0.128 e.